The molecule has 0 aliphatic carbocycles. The number of anilines is 1. The fourth-order valence-corrected chi connectivity index (χ4v) is 3.39. The van der Waals surface area contributed by atoms with E-state index in [4.69, 9.17) is 0 Å². The van der Waals surface area contributed by atoms with Crippen LogP contribution in [0.2, 0.25) is 0 Å². The Labute approximate surface area is 173 Å². The standard InChI is InChI=1S/C22H19N5O3/c1-12-8-15(20-16(9-12)21(29)27(3)22(20)30)10-19(28)24-18-7-6-17(25-26-18)14-5-4-13(2)23-11-14/h4-9,11H,10H2,1-3H3,(H,24,26,28). The van der Waals surface area contributed by atoms with Crippen LogP contribution in [0, 0.1) is 13.8 Å². The Morgan fingerprint density at radius 1 is 1.03 bits per heavy atom. The van der Waals surface area contributed by atoms with Crippen molar-refractivity contribution in [3.63, 3.8) is 0 Å². The van der Waals surface area contributed by atoms with E-state index >= 15 is 0 Å². The Balaban J connectivity index is 1.51. The predicted molar refractivity (Wildman–Crippen MR) is 110 cm³/mol. The minimum atomic E-state index is -0.395. The summed E-state index contributed by atoms with van der Waals surface area (Å²) in [5.74, 6) is -0.801. The molecule has 0 fully saturated rings. The molecule has 1 N–H and O–H groups in total. The highest BCUT2D eigenvalue weighted by Gasteiger charge is 2.35. The number of pyridine rings is 1. The van der Waals surface area contributed by atoms with Crippen molar-refractivity contribution in [2.45, 2.75) is 20.3 Å². The smallest absolute Gasteiger partial charge is 0.261 e. The molecule has 150 valence electrons. The van der Waals surface area contributed by atoms with Crippen molar-refractivity contribution in [2.24, 2.45) is 0 Å². The molecule has 1 aliphatic rings. The first-order valence-electron chi connectivity index (χ1n) is 9.36. The molecule has 0 radical (unpaired) electrons. The fourth-order valence-electron chi connectivity index (χ4n) is 3.39. The normalized spacial score (nSPS) is 12.8. The SMILES string of the molecule is Cc1cc(CC(=O)Nc2ccc(-c3ccc(C)nc3)nn2)c2c(c1)C(=O)N(C)C2=O. The Kier molecular flexibility index (Phi) is 4.83. The van der Waals surface area contributed by atoms with Crippen LogP contribution in [0.4, 0.5) is 5.82 Å². The summed E-state index contributed by atoms with van der Waals surface area (Å²) < 4.78 is 0. The summed E-state index contributed by atoms with van der Waals surface area (Å²) in [6, 6.07) is 10.6. The van der Waals surface area contributed by atoms with Gasteiger partial charge in [-0.2, -0.15) is 0 Å². The second-order valence-electron chi connectivity index (χ2n) is 7.23. The van der Waals surface area contributed by atoms with Crippen molar-refractivity contribution >= 4 is 23.5 Å². The van der Waals surface area contributed by atoms with Gasteiger partial charge < -0.3 is 5.32 Å². The molecule has 0 spiro atoms. The van der Waals surface area contributed by atoms with Crippen molar-refractivity contribution in [1.82, 2.24) is 20.1 Å². The predicted octanol–water partition coefficient (Wildman–Crippen LogP) is 2.56. The summed E-state index contributed by atoms with van der Waals surface area (Å²) in [4.78, 5) is 42.5. The fraction of sp³-hybridized carbons (Fsp3) is 0.182. The molecule has 0 unspecified atom stereocenters. The summed E-state index contributed by atoms with van der Waals surface area (Å²) in [5, 5.41) is 10.9. The number of benzene rings is 1. The largest absolute Gasteiger partial charge is 0.309 e. The first kappa shape index (κ1) is 19.4. The molecule has 3 heterocycles. The van der Waals surface area contributed by atoms with Crippen LogP contribution in [0.5, 0.6) is 0 Å². The lowest BCUT2D eigenvalue weighted by molar-refractivity contribution is -0.115. The van der Waals surface area contributed by atoms with Gasteiger partial charge in [0.05, 0.1) is 23.2 Å². The van der Waals surface area contributed by atoms with Crippen LogP contribution < -0.4 is 5.32 Å². The molecule has 0 atom stereocenters. The van der Waals surface area contributed by atoms with E-state index in [-0.39, 0.29) is 23.8 Å². The Morgan fingerprint density at radius 2 is 1.83 bits per heavy atom. The average molecular weight is 401 g/mol. The summed E-state index contributed by atoms with van der Waals surface area (Å²) in [6.45, 7) is 3.72. The molecular weight excluding hydrogens is 382 g/mol. The van der Waals surface area contributed by atoms with E-state index < -0.39 is 5.91 Å². The zero-order valence-corrected chi connectivity index (χ0v) is 16.8. The maximum atomic E-state index is 12.6. The molecule has 1 aromatic carbocycles. The van der Waals surface area contributed by atoms with Gasteiger partial charge in [-0.3, -0.25) is 24.3 Å². The van der Waals surface area contributed by atoms with Gasteiger partial charge in [-0.15, -0.1) is 10.2 Å². The molecular formula is C22H19N5O3. The third-order valence-electron chi connectivity index (χ3n) is 4.91. The van der Waals surface area contributed by atoms with Crippen LogP contribution in [0.1, 0.15) is 37.5 Å². The van der Waals surface area contributed by atoms with Crippen molar-refractivity contribution in [3.8, 4) is 11.3 Å². The monoisotopic (exact) mass is 401 g/mol. The molecule has 30 heavy (non-hydrogen) atoms. The van der Waals surface area contributed by atoms with Crippen LogP contribution in [0.15, 0.2) is 42.6 Å². The van der Waals surface area contributed by atoms with E-state index in [1.165, 1.54) is 7.05 Å². The van der Waals surface area contributed by atoms with Crippen LogP contribution in [0.25, 0.3) is 11.3 Å². The molecule has 1 aliphatic heterocycles. The van der Waals surface area contributed by atoms with Gasteiger partial charge >= 0.3 is 0 Å². The average Bonchev–Trinajstić information content (AvgIpc) is 2.93. The van der Waals surface area contributed by atoms with Gasteiger partial charge in [0.15, 0.2) is 5.82 Å². The summed E-state index contributed by atoms with van der Waals surface area (Å²) in [6.07, 6.45) is 1.66. The van der Waals surface area contributed by atoms with Crippen molar-refractivity contribution in [3.05, 3.63) is 70.5 Å². The molecule has 0 bridgehead atoms. The number of nitrogens with one attached hydrogen (secondary N) is 1. The van der Waals surface area contributed by atoms with Crippen molar-refractivity contribution in [2.75, 3.05) is 12.4 Å². The highest BCUT2D eigenvalue weighted by atomic mass is 16.2. The second-order valence-corrected chi connectivity index (χ2v) is 7.23. The molecule has 0 saturated heterocycles. The van der Waals surface area contributed by atoms with Gasteiger partial charge in [0.2, 0.25) is 5.91 Å². The van der Waals surface area contributed by atoms with Crippen molar-refractivity contribution in [1.29, 1.82) is 0 Å². The topological polar surface area (TPSA) is 105 Å². The zero-order chi connectivity index (χ0) is 21.4. The molecule has 2 aromatic heterocycles. The van der Waals surface area contributed by atoms with E-state index in [2.05, 4.69) is 20.5 Å². The summed E-state index contributed by atoms with van der Waals surface area (Å²) in [7, 11) is 1.44. The Bertz CT molecular complexity index is 1170. The highest BCUT2D eigenvalue weighted by molar-refractivity contribution is 6.22. The minimum absolute atomic E-state index is 0.0534. The van der Waals surface area contributed by atoms with E-state index in [0.717, 1.165) is 21.7 Å². The molecule has 3 aromatic rings. The van der Waals surface area contributed by atoms with Gasteiger partial charge in [0.1, 0.15) is 0 Å². The van der Waals surface area contributed by atoms with Gasteiger partial charge in [0.25, 0.3) is 11.8 Å². The number of fused-ring (bicyclic) bond motifs is 1. The first-order valence-corrected chi connectivity index (χ1v) is 9.36. The number of aryl methyl sites for hydroxylation is 2. The van der Waals surface area contributed by atoms with Crippen LogP contribution in [0.3, 0.4) is 0 Å². The molecule has 8 heteroatoms. The molecule has 8 nitrogen and oxygen atoms in total. The second kappa shape index (κ2) is 7.47. The van der Waals surface area contributed by atoms with Crippen molar-refractivity contribution < 1.29 is 14.4 Å². The maximum Gasteiger partial charge on any atom is 0.261 e. The lowest BCUT2D eigenvalue weighted by Crippen LogP contribution is -2.25. The quantitative estimate of drug-likeness (QED) is 0.674. The third-order valence-corrected chi connectivity index (χ3v) is 4.91. The minimum Gasteiger partial charge on any atom is -0.309 e. The Morgan fingerprint density at radius 3 is 2.50 bits per heavy atom. The summed E-state index contributed by atoms with van der Waals surface area (Å²) in [5.41, 5.74) is 4.32. The van der Waals surface area contributed by atoms with E-state index in [1.807, 2.05) is 26.0 Å². The number of carbonyl (C=O) groups excluding carboxylic acids is 3. The number of hydrogen-bond donors (Lipinski definition) is 1. The number of nitrogens with zero attached hydrogens (tertiary/aromatic N) is 4. The lowest BCUT2D eigenvalue weighted by atomic mass is 9.97. The molecule has 4 rings (SSSR count). The lowest BCUT2D eigenvalue weighted by Gasteiger charge is -2.09. The van der Waals surface area contributed by atoms with E-state index in [9.17, 15) is 14.4 Å². The zero-order valence-electron chi connectivity index (χ0n) is 16.8. The number of rotatable bonds is 4. The molecule has 0 saturated carbocycles. The van der Waals surface area contributed by atoms with Gasteiger partial charge in [-0.1, -0.05) is 6.07 Å². The van der Waals surface area contributed by atoms with Crippen LogP contribution in [-0.2, 0) is 11.2 Å². The molecule has 3 amide bonds. The van der Waals surface area contributed by atoms with Gasteiger partial charge in [-0.05, 0) is 55.3 Å². The number of amides is 3. The Hall–Kier alpha value is -3.94. The third kappa shape index (κ3) is 3.55. The first-order chi connectivity index (χ1) is 14.3. The van der Waals surface area contributed by atoms with Crippen LogP contribution in [-0.4, -0.2) is 44.9 Å². The van der Waals surface area contributed by atoms with E-state index in [0.29, 0.717) is 22.6 Å². The summed E-state index contributed by atoms with van der Waals surface area (Å²) >= 11 is 0. The van der Waals surface area contributed by atoms with Gasteiger partial charge in [0, 0.05) is 24.5 Å². The maximum absolute atomic E-state index is 12.6. The highest BCUT2D eigenvalue weighted by Crippen LogP contribution is 2.27. The number of hydrogen-bond acceptors (Lipinski definition) is 6. The number of imide groups is 1. The van der Waals surface area contributed by atoms with E-state index in [1.54, 1.807) is 30.5 Å². The number of carbonyl (C=O) groups is 3. The van der Waals surface area contributed by atoms with Gasteiger partial charge in [-0.25, -0.2) is 0 Å². The van der Waals surface area contributed by atoms with Crippen LogP contribution >= 0.6 is 0 Å². The number of aromatic nitrogens is 3.